The van der Waals surface area contributed by atoms with Crippen molar-refractivity contribution >= 4 is 12.0 Å². The second-order valence-corrected chi connectivity index (χ2v) is 11.2. The van der Waals surface area contributed by atoms with Crippen LogP contribution in [0.25, 0.3) is 0 Å². The van der Waals surface area contributed by atoms with E-state index in [0.717, 1.165) is 11.1 Å². The molecule has 0 bridgehead atoms. The first kappa shape index (κ1) is 30.0. The molecule has 37 heavy (non-hydrogen) atoms. The van der Waals surface area contributed by atoms with E-state index in [0.29, 0.717) is 31.1 Å². The van der Waals surface area contributed by atoms with Gasteiger partial charge >= 0.3 is 12.0 Å². The first-order valence-corrected chi connectivity index (χ1v) is 12.6. The number of amides is 2. The van der Waals surface area contributed by atoms with Crippen LogP contribution in [0.1, 0.15) is 58.2 Å². The van der Waals surface area contributed by atoms with Crippen LogP contribution >= 0.6 is 0 Å². The lowest BCUT2D eigenvalue weighted by Gasteiger charge is -2.31. The monoisotopic (exact) mass is 513 g/mol. The fourth-order valence-electron chi connectivity index (χ4n) is 3.74. The second kappa shape index (κ2) is 12.8. The highest BCUT2D eigenvalue weighted by Crippen LogP contribution is 2.29. The van der Waals surface area contributed by atoms with Crippen molar-refractivity contribution in [3.8, 4) is 11.5 Å². The molecule has 4 N–H and O–H groups in total. The van der Waals surface area contributed by atoms with E-state index >= 15 is 0 Å². The van der Waals surface area contributed by atoms with E-state index in [-0.39, 0.29) is 24.5 Å². The molecule has 0 saturated heterocycles. The number of rotatable bonds is 11. The summed E-state index contributed by atoms with van der Waals surface area (Å²) in [6, 6.07) is 12.6. The van der Waals surface area contributed by atoms with Gasteiger partial charge in [-0.25, -0.2) is 4.79 Å². The molecule has 2 amide bonds. The molecule has 8 nitrogen and oxygen atoms in total. The van der Waals surface area contributed by atoms with Crippen molar-refractivity contribution in [2.75, 3.05) is 26.9 Å². The van der Waals surface area contributed by atoms with Crippen LogP contribution in [-0.2, 0) is 27.9 Å². The van der Waals surface area contributed by atoms with Gasteiger partial charge < -0.3 is 30.6 Å². The van der Waals surface area contributed by atoms with Crippen molar-refractivity contribution < 1.29 is 23.8 Å². The number of urea groups is 1. The van der Waals surface area contributed by atoms with E-state index in [2.05, 4.69) is 32.9 Å². The summed E-state index contributed by atoms with van der Waals surface area (Å²) in [4.78, 5) is 26.7. The van der Waals surface area contributed by atoms with Crippen LogP contribution in [0.5, 0.6) is 11.5 Å². The molecule has 204 valence electrons. The van der Waals surface area contributed by atoms with E-state index < -0.39 is 17.5 Å². The number of hydrogen-bond donors (Lipinski definition) is 2. The van der Waals surface area contributed by atoms with Crippen LogP contribution in [0.15, 0.2) is 42.5 Å². The molecular formula is C29H43N3O5. The van der Waals surface area contributed by atoms with Gasteiger partial charge in [-0.1, -0.05) is 51.1 Å². The standard InChI is InChI=1S/C29H43N3O5/c1-28(2,3)22-11-8-20(9-12-22)16-23(19-37-26(33)29(4,5)6)32(27(31)34)18-21-10-13-24(36-15-14-30)25(17-21)35-7/h8-13,17,23H,14-16,18-19,30H2,1-7H3,(H2,31,34). The van der Waals surface area contributed by atoms with Crippen molar-refractivity contribution in [1.82, 2.24) is 4.90 Å². The summed E-state index contributed by atoms with van der Waals surface area (Å²) in [5.41, 5.74) is 13.8. The number of carbonyl (C=O) groups excluding carboxylic acids is 2. The van der Waals surface area contributed by atoms with E-state index in [1.165, 1.54) is 10.5 Å². The van der Waals surface area contributed by atoms with Gasteiger partial charge in [-0.2, -0.15) is 0 Å². The molecule has 0 aliphatic carbocycles. The molecule has 0 aromatic heterocycles. The number of carbonyl (C=O) groups is 2. The zero-order chi connectivity index (χ0) is 27.8. The normalized spacial score (nSPS) is 12.5. The summed E-state index contributed by atoms with van der Waals surface area (Å²) >= 11 is 0. The Balaban J connectivity index is 2.34. The minimum Gasteiger partial charge on any atom is -0.493 e. The van der Waals surface area contributed by atoms with Gasteiger partial charge in [0.15, 0.2) is 11.5 Å². The minimum atomic E-state index is -0.664. The van der Waals surface area contributed by atoms with Crippen LogP contribution in [0.4, 0.5) is 4.79 Å². The molecule has 0 saturated carbocycles. The number of nitrogens with two attached hydrogens (primary N) is 2. The second-order valence-electron chi connectivity index (χ2n) is 11.2. The van der Waals surface area contributed by atoms with E-state index in [1.807, 2.05) is 18.2 Å². The summed E-state index contributed by atoms with van der Waals surface area (Å²) in [5, 5.41) is 0. The fourth-order valence-corrected chi connectivity index (χ4v) is 3.74. The molecule has 8 heteroatoms. The molecule has 2 rings (SSSR count). The number of hydrogen-bond acceptors (Lipinski definition) is 6. The topological polar surface area (TPSA) is 117 Å². The number of primary amides is 1. The van der Waals surface area contributed by atoms with E-state index in [1.54, 1.807) is 40.0 Å². The molecule has 1 atom stereocenters. The first-order valence-electron chi connectivity index (χ1n) is 12.6. The third-order valence-corrected chi connectivity index (χ3v) is 5.99. The zero-order valence-corrected chi connectivity index (χ0v) is 23.3. The van der Waals surface area contributed by atoms with Crippen LogP contribution in [0.3, 0.4) is 0 Å². The summed E-state index contributed by atoms with van der Waals surface area (Å²) in [6.07, 6.45) is 0.472. The maximum atomic E-state index is 12.7. The van der Waals surface area contributed by atoms with Crippen LogP contribution in [-0.4, -0.2) is 49.8 Å². The average Bonchev–Trinajstić information content (AvgIpc) is 2.82. The Bertz CT molecular complexity index is 1040. The number of methoxy groups -OCH3 is 1. The lowest BCUT2D eigenvalue weighted by Crippen LogP contribution is -2.47. The Morgan fingerprint density at radius 1 is 0.946 bits per heavy atom. The Labute approximate surface area is 221 Å². The molecule has 2 aromatic rings. The number of esters is 1. The highest BCUT2D eigenvalue weighted by atomic mass is 16.5. The van der Waals surface area contributed by atoms with Gasteiger partial charge in [0.05, 0.1) is 18.6 Å². The third-order valence-electron chi connectivity index (χ3n) is 5.99. The number of benzene rings is 2. The molecule has 0 aliphatic heterocycles. The number of ether oxygens (including phenoxy) is 3. The minimum absolute atomic E-state index is 0.0227. The van der Waals surface area contributed by atoms with Crippen LogP contribution < -0.4 is 20.9 Å². The summed E-state index contributed by atoms with van der Waals surface area (Å²) in [5.74, 6) is 0.758. The van der Waals surface area contributed by atoms with Crippen molar-refractivity contribution in [3.63, 3.8) is 0 Å². The zero-order valence-electron chi connectivity index (χ0n) is 23.3. The molecule has 0 fully saturated rings. The Hall–Kier alpha value is -3.26. The summed E-state index contributed by atoms with van der Waals surface area (Å²) in [6.45, 7) is 12.8. The predicted molar refractivity (Wildman–Crippen MR) is 146 cm³/mol. The Kier molecular flexibility index (Phi) is 10.4. The van der Waals surface area contributed by atoms with Gasteiger partial charge in [-0.05, 0) is 61.4 Å². The maximum Gasteiger partial charge on any atom is 0.315 e. The third kappa shape index (κ3) is 8.97. The summed E-state index contributed by atoms with van der Waals surface area (Å²) in [7, 11) is 1.55. The SMILES string of the molecule is COc1cc(CN(C(N)=O)C(COC(=O)C(C)(C)C)Cc2ccc(C(C)(C)C)cc2)ccc1OCCN. The lowest BCUT2D eigenvalue weighted by molar-refractivity contribution is -0.154. The molecular weight excluding hydrogens is 470 g/mol. The van der Waals surface area contributed by atoms with Gasteiger partial charge in [0, 0.05) is 13.1 Å². The average molecular weight is 514 g/mol. The van der Waals surface area contributed by atoms with Gasteiger partial charge in [-0.3, -0.25) is 4.79 Å². The quantitative estimate of drug-likeness (QED) is 0.430. The molecule has 1 unspecified atom stereocenters. The van der Waals surface area contributed by atoms with Crippen molar-refractivity contribution in [1.29, 1.82) is 0 Å². The largest absolute Gasteiger partial charge is 0.493 e. The fraction of sp³-hybridized carbons (Fsp3) is 0.517. The van der Waals surface area contributed by atoms with Gasteiger partial charge in [0.2, 0.25) is 0 Å². The molecule has 0 spiro atoms. The lowest BCUT2D eigenvalue weighted by atomic mass is 9.86. The highest BCUT2D eigenvalue weighted by molar-refractivity contribution is 5.75. The van der Waals surface area contributed by atoms with E-state index in [4.69, 9.17) is 25.7 Å². The van der Waals surface area contributed by atoms with Crippen molar-refractivity contribution in [3.05, 3.63) is 59.2 Å². The first-order chi connectivity index (χ1) is 17.3. The summed E-state index contributed by atoms with van der Waals surface area (Å²) < 4.78 is 16.7. The Morgan fingerprint density at radius 3 is 2.08 bits per heavy atom. The van der Waals surface area contributed by atoms with Crippen molar-refractivity contribution in [2.24, 2.45) is 16.9 Å². The highest BCUT2D eigenvalue weighted by Gasteiger charge is 2.28. The maximum absolute atomic E-state index is 12.7. The molecule has 0 heterocycles. The predicted octanol–water partition coefficient (Wildman–Crippen LogP) is 4.41. The van der Waals surface area contributed by atoms with Crippen LogP contribution in [0.2, 0.25) is 0 Å². The van der Waals surface area contributed by atoms with Crippen LogP contribution in [0, 0.1) is 5.41 Å². The van der Waals surface area contributed by atoms with Gasteiger partial charge in [-0.15, -0.1) is 0 Å². The molecule has 2 aromatic carbocycles. The molecule has 0 aliphatic rings. The Morgan fingerprint density at radius 2 is 1.57 bits per heavy atom. The van der Waals surface area contributed by atoms with Gasteiger partial charge in [0.1, 0.15) is 13.2 Å². The van der Waals surface area contributed by atoms with E-state index in [9.17, 15) is 9.59 Å². The van der Waals surface area contributed by atoms with Crippen molar-refractivity contribution in [2.45, 2.75) is 66.0 Å². The number of nitrogens with zero attached hydrogens (tertiary/aromatic N) is 1. The van der Waals surface area contributed by atoms with Gasteiger partial charge in [0.25, 0.3) is 0 Å². The smallest absolute Gasteiger partial charge is 0.315 e. The molecule has 0 radical (unpaired) electrons.